The van der Waals surface area contributed by atoms with E-state index in [1.54, 1.807) is 0 Å². The van der Waals surface area contributed by atoms with Crippen LogP contribution in [0.25, 0.3) is 0 Å². The molecule has 0 unspecified atom stereocenters. The summed E-state index contributed by atoms with van der Waals surface area (Å²) in [5.41, 5.74) is -0.963. The van der Waals surface area contributed by atoms with Crippen molar-refractivity contribution in [2.75, 3.05) is 19.8 Å². The van der Waals surface area contributed by atoms with Crippen LogP contribution in [-0.4, -0.2) is 46.9 Å². The predicted octanol–water partition coefficient (Wildman–Crippen LogP) is 1.46. The summed E-state index contributed by atoms with van der Waals surface area (Å²) in [6.45, 7) is 1.31. The van der Waals surface area contributed by atoms with Gasteiger partial charge in [-0.05, 0) is 18.9 Å². The molecule has 0 aliphatic carbocycles. The summed E-state index contributed by atoms with van der Waals surface area (Å²) in [6.07, 6.45) is -2.57. The van der Waals surface area contributed by atoms with Crippen molar-refractivity contribution in [1.29, 1.82) is 0 Å². The molecule has 0 radical (unpaired) electrons. The summed E-state index contributed by atoms with van der Waals surface area (Å²) in [4.78, 5) is 0. The van der Waals surface area contributed by atoms with Crippen LogP contribution in [0.2, 0.25) is 0 Å². The van der Waals surface area contributed by atoms with Crippen molar-refractivity contribution in [2.45, 2.75) is 37.8 Å². The molecule has 0 amide bonds. The smallest absolute Gasteiger partial charge is 0.389 e. The van der Waals surface area contributed by atoms with E-state index in [-0.39, 0.29) is 19.3 Å². The highest BCUT2D eigenvalue weighted by Crippen LogP contribution is 2.27. The number of rotatable bonds is 5. The van der Waals surface area contributed by atoms with Gasteiger partial charge in [0.25, 0.3) is 0 Å². The van der Waals surface area contributed by atoms with E-state index in [2.05, 4.69) is 5.10 Å². The Labute approximate surface area is 114 Å². The number of hydrogen-bond acceptors (Lipinski definition) is 4. The van der Waals surface area contributed by atoms with E-state index < -0.39 is 18.0 Å². The van der Waals surface area contributed by atoms with Gasteiger partial charge in [-0.3, -0.25) is 4.68 Å². The van der Waals surface area contributed by atoms with E-state index in [1.165, 1.54) is 6.20 Å². The summed E-state index contributed by atoms with van der Waals surface area (Å²) in [6, 6.07) is 0.881. The molecule has 1 N–H and O–H groups in total. The summed E-state index contributed by atoms with van der Waals surface area (Å²) in [7, 11) is 0. The Morgan fingerprint density at radius 2 is 2.15 bits per heavy atom. The predicted molar refractivity (Wildman–Crippen MR) is 63.0 cm³/mol. The fourth-order valence-electron chi connectivity index (χ4n) is 1.97. The molecule has 20 heavy (non-hydrogen) atoms. The first-order chi connectivity index (χ1) is 9.45. The zero-order valence-corrected chi connectivity index (χ0v) is 10.8. The minimum absolute atomic E-state index is 0.0285. The summed E-state index contributed by atoms with van der Waals surface area (Å²) >= 11 is 0. The third-order valence-electron chi connectivity index (χ3n) is 3.02. The third kappa shape index (κ3) is 4.46. The molecular formula is C12H17F3N2O3. The fraction of sp³-hybridized carbons (Fsp3) is 0.750. The number of halogens is 3. The fourth-order valence-corrected chi connectivity index (χ4v) is 1.97. The standard InChI is InChI=1S/C12H17F3N2O3/c13-12(14,15)11-1-4-17(16-11)7-9(18)8-20-10-2-5-19-6-3-10/h1,4,9-10,18H,2-3,5-8H2/t9-/m0/s1. The maximum Gasteiger partial charge on any atom is 0.435 e. The lowest BCUT2D eigenvalue weighted by Gasteiger charge is -2.23. The molecular weight excluding hydrogens is 277 g/mol. The molecule has 1 fully saturated rings. The largest absolute Gasteiger partial charge is 0.435 e. The molecule has 0 bridgehead atoms. The number of hydrogen-bond donors (Lipinski definition) is 1. The van der Waals surface area contributed by atoms with Gasteiger partial charge >= 0.3 is 6.18 Å². The summed E-state index contributed by atoms with van der Waals surface area (Å²) < 4.78 is 48.8. The zero-order chi connectivity index (χ0) is 14.6. The second-order valence-corrected chi connectivity index (χ2v) is 4.72. The minimum atomic E-state index is -4.46. The SMILES string of the molecule is O[C@H](COC1CCOCC1)Cn1ccc(C(F)(F)F)n1. The van der Waals surface area contributed by atoms with Crippen LogP contribution in [0.4, 0.5) is 13.2 Å². The van der Waals surface area contributed by atoms with Crippen LogP contribution in [-0.2, 0) is 22.2 Å². The molecule has 1 atom stereocenters. The lowest BCUT2D eigenvalue weighted by Crippen LogP contribution is -2.29. The second-order valence-electron chi connectivity index (χ2n) is 4.72. The molecule has 5 nitrogen and oxygen atoms in total. The average Bonchev–Trinajstić information content (AvgIpc) is 2.86. The molecule has 0 saturated carbocycles. The van der Waals surface area contributed by atoms with E-state index in [1.807, 2.05) is 0 Å². The Bertz CT molecular complexity index is 416. The van der Waals surface area contributed by atoms with Gasteiger partial charge in [-0.15, -0.1) is 0 Å². The van der Waals surface area contributed by atoms with E-state index in [4.69, 9.17) is 9.47 Å². The highest BCUT2D eigenvalue weighted by Gasteiger charge is 2.33. The molecule has 1 saturated heterocycles. The van der Waals surface area contributed by atoms with E-state index in [0.29, 0.717) is 13.2 Å². The van der Waals surface area contributed by atoms with E-state index in [9.17, 15) is 18.3 Å². The number of ether oxygens (including phenoxy) is 2. The van der Waals surface area contributed by atoms with Crippen molar-refractivity contribution < 1.29 is 27.8 Å². The first kappa shape index (κ1) is 15.3. The van der Waals surface area contributed by atoms with Crippen molar-refractivity contribution in [3.63, 3.8) is 0 Å². The van der Waals surface area contributed by atoms with Crippen molar-refractivity contribution in [2.24, 2.45) is 0 Å². The van der Waals surface area contributed by atoms with Crippen LogP contribution in [0.3, 0.4) is 0 Å². The normalized spacial score (nSPS) is 19.2. The summed E-state index contributed by atoms with van der Waals surface area (Å²) in [5, 5.41) is 13.1. The second kappa shape index (κ2) is 6.55. The van der Waals surface area contributed by atoms with Crippen molar-refractivity contribution >= 4 is 0 Å². The molecule has 2 rings (SSSR count). The van der Waals surface area contributed by atoms with Crippen molar-refractivity contribution in [3.05, 3.63) is 18.0 Å². The lowest BCUT2D eigenvalue weighted by atomic mass is 10.1. The molecule has 1 aliphatic rings. The number of aliphatic hydroxyl groups excluding tert-OH is 1. The molecule has 0 aromatic carbocycles. The van der Waals surface area contributed by atoms with Gasteiger partial charge in [0.05, 0.1) is 25.4 Å². The summed E-state index contributed by atoms with van der Waals surface area (Å²) in [5.74, 6) is 0. The Kier molecular flexibility index (Phi) is 5.00. The number of alkyl halides is 3. The van der Waals surface area contributed by atoms with Crippen LogP contribution in [0.15, 0.2) is 12.3 Å². The Hall–Kier alpha value is -1.12. The number of nitrogens with zero attached hydrogens (tertiary/aromatic N) is 2. The number of aromatic nitrogens is 2. The topological polar surface area (TPSA) is 56.5 Å². The van der Waals surface area contributed by atoms with Crippen LogP contribution in [0, 0.1) is 0 Å². The average molecular weight is 294 g/mol. The van der Waals surface area contributed by atoms with E-state index >= 15 is 0 Å². The first-order valence-electron chi connectivity index (χ1n) is 6.43. The van der Waals surface area contributed by atoms with E-state index in [0.717, 1.165) is 23.6 Å². The minimum Gasteiger partial charge on any atom is -0.389 e. The molecule has 2 heterocycles. The van der Waals surface area contributed by atoms with Gasteiger partial charge in [0.2, 0.25) is 0 Å². The maximum atomic E-state index is 12.4. The van der Waals surface area contributed by atoms with Gasteiger partial charge in [-0.2, -0.15) is 18.3 Å². The Balaban J connectivity index is 1.76. The highest BCUT2D eigenvalue weighted by molar-refractivity contribution is 5.03. The van der Waals surface area contributed by atoms with Crippen molar-refractivity contribution in [1.82, 2.24) is 9.78 Å². The van der Waals surface area contributed by atoms with Gasteiger partial charge < -0.3 is 14.6 Å². The van der Waals surface area contributed by atoms with Crippen LogP contribution < -0.4 is 0 Å². The van der Waals surface area contributed by atoms with Gasteiger partial charge in [-0.1, -0.05) is 0 Å². The zero-order valence-electron chi connectivity index (χ0n) is 10.8. The molecule has 1 aromatic heterocycles. The highest BCUT2D eigenvalue weighted by atomic mass is 19.4. The van der Waals surface area contributed by atoms with Crippen LogP contribution in [0.5, 0.6) is 0 Å². The van der Waals surface area contributed by atoms with Crippen LogP contribution >= 0.6 is 0 Å². The molecule has 0 spiro atoms. The quantitative estimate of drug-likeness (QED) is 0.893. The van der Waals surface area contributed by atoms with Gasteiger partial charge in [0.15, 0.2) is 5.69 Å². The Morgan fingerprint density at radius 1 is 1.45 bits per heavy atom. The first-order valence-corrected chi connectivity index (χ1v) is 6.43. The molecule has 8 heteroatoms. The van der Waals surface area contributed by atoms with Crippen LogP contribution in [0.1, 0.15) is 18.5 Å². The van der Waals surface area contributed by atoms with Gasteiger partial charge in [-0.25, -0.2) is 0 Å². The molecule has 114 valence electrons. The third-order valence-corrected chi connectivity index (χ3v) is 3.02. The monoisotopic (exact) mass is 294 g/mol. The lowest BCUT2D eigenvalue weighted by molar-refractivity contribution is -0.141. The molecule has 1 aliphatic heterocycles. The Morgan fingerprint density at radius 3 is 2.75 bits per heavy atom. The van der Waals surface area contributed by atoms with Gasteiger partial charge in [0.1, 0.15) is 0 Å². The molecule has 1 aromatic rings. The van der Waals surface area contributed by atoms with Gasteiger partial charge in [0, 0.05) is 19.4 Å². The number of aliphatic hydroxyl groups is 1. The maximum absolute atomic E-state index is 12.4. The van der Waals surface area contributed by atoms with Crippen molar-refractivity contribution in [3.8, 4) is 0 Å².